The highest BCUT2D eigenvalue weighted by molar-refractivity contribution is 5.80. The second kappa shape index (κ2) is 6.87. The first-order valence-electron chi connectivity index (χ1n) is 7.51. The number of nitrogen functional groups attached to an aromatic ring is 1. The van der Waals surface area contributed by atoms with Gasteiger partial charge in [0.05, 0.1) is 7.11 Å². The van der Waals surface area contributed by atoms with Crippen molar-refractivity contribution in [3.8, 4) is 5.75 Å². The summed E-state index contributed by atoms with van der Waals surface area (Å²) in [6, 6.07) is 15.5. The summed E-state index contributed by atoms with van der Waals surface area (Å²) >= 11 is 0. The van der Waals surface area contributed by atoms with Crippen LogP contribution in [0, 0.1) is 6.92 Å². The summed E-state index contributed by atoms with van der Waals surface area (Å²) < 4.78 is 5.22. The number of hydrogen-bond donors (Lipinski definition) is 3. The molecule has 3 rings (SSSR count). The third-order valence-electron chi connectivity index (χ3n) is 3.50. The minimum absolute atomic E-state index is 0.446. The van der Waals surface area contributed by atoms with Crippen LogP contribution in [0.3, 0.4) is 0 Å². The number of ether oxygens (including phenoxy) is 1. The summed E-state index contributed by atoms with van der Waals surface area (Å²) in [6.07, 6.45) is 1.47. The topological polar surface area (TPSA) is 85.1 Å². The summed E-state index contributed by atoms with van der Waals surface area (Å²) in [4.78, 5) is 8.45. The van der Waals surface area contributed by atoms with Gasteiger partial charge in [0.25, 0.3) is 0 Å². The molecule has 3 aromatic rings. The predicted octanol–water partition coefficient (Wildman–Crippen LogP) is 3.86. The molecular weight excluding hydrogens is 302 g/mol. The molecule has 0 saturated carbocycles. The summed E-state index contributed by atoms with van der Waals surface area (Å²) in [6.45, 7) is 2.03. The monoisotopic (exact) mass is 321 g/mol. The predicted molar refractivity (Wildman–Crippen MR) is 97.2 cm³/mol. The fourth-order valence-electron chi connectivity index (χ4n) is 2.29. The highest BCUT2D eigenvalue weighted by atomic mass is 16.5. The molecule has 0 spiro atoms. The second-order valence-electron chi connectivity index (χ2n) is 5.34. The molecule has 0 bridgehead atoms. The lowest BCUT2D eigenvalue weighted by molar-refractivity contribution is 0.415. The van der Waals surface area contributed by atoms with Gasteiger partial charge in [-0.15, -0.1) is 0 Å². The van der Waals surface area contributed by atoms with Crippen LogP contribution in [-0.2, 0) is 0 Å². The molecule has 122 valence electrons. The van der Waals surface area contributed by atoms with Gasteiger partial charge in [-0.25, -0.2) is 9.97 Å². The van der Waals surface area contributed by atoms with Crippen LogP contribution in [0.4, 0.5) is 28.7 Å². The minimum atomic E-state index is 0.446. The number of rotatable bonds is 5. The van der Waals surface area contributed by atoms with Gasteiger partial charge in [-0.1, -0.05) is 18.2 Å². The molecule has 2 aromatic carbocycles. The first kappa shape index (κ1) is 15.6. The van der Waals surface area contributed by atoms with Crippen LogP contribution in [0.1, 0.15) is 5.56 Å². The van der Waals surface area contributed by atoms with Crippen LogP contribution in [0.2, 0.25) is 0 Å². The maximum Gasteiger partial charge on any atom is 0.159 e. The second-order valence-corrected chi connectivity index (χ2v) is 5.34. The first-order valence-corrected chi connectivity index (χ1v) is 7.51. The Labute approximate surface area is 140 Å². The maximum atomic E-state index is 6.21. The van der Waals surface area contributed by atoms with Crippen LogP contribution < -0.4 is 21.1 Å². The number of benzene rings is 2. The quantitative estimate of drug-likeness (QED) is 0.661. The van der Waals surface area contributed by atoms with Gasteiger partial charge in [-0.05, 0) is 36.8 Å². The number of hydrogen-bond acceptors (Lipinski definition) is 6. The smallest absolute Gasteiger partial charge is 0.159 e. The molecule has 1 heterocycles. The van der Waals surface area contributed by atoms with Crippen molar-refractivity contribution in [3.63, 3.8) is 0 Å². The minimum Gasteiger partial charge on any atom is -0.497 e. The molecule has 1 aromatic heterocycles. The van der Waals surface area contributed by atoms with E-state index in [9.17, 15) is 0 Å². The lowest BCUT2D eigenvalue weighted by Gasteiger charge is -2.13. The molecule has 4 N–H and O–H groups in total. The molecule has 0 fully saturated rings. The Balaban J connectivity index is 1.85. The van der Waals surface area contributed by atoms with Gasteiger partial charge in [0.2, 0.25) is 0 Å². The fourth-order valence-corrected chi connectivity index (χ4v) is 2.29. The Morgan fingerprint density at radius 3 is 2.17 bits per heavy atom. The molecule has 0 aliphatic heterocycles. The van der Waals surface area contributed by atoms with Gasteiger partial charge >= 0.3 is 0 Å². The van der Waals surface area contributed by atoms with Crippen molar-refractivity contribution in [1.29, 1.82) is 0 Å². The number of aromatic nitrogens is 2. The van der Waals surface area contributed by atoms with Crippen molar-refractivity contribution in [2.75, 3.05) is 23.5 Å². The van der Waals surface area contributed by atoms with Gasteiger partial charge in [0, 0.05) is 17.4 Å². The van der Waals surface area contributed by atoms with E-state index in [2.05, 4.69) is 20.6 Å². The molecular formula is C18H19N5O. The molecule has 0 atom stereocenters. The van der Waals surface area contributed by atoms with E-state index in [0.29, 0.717) is 17.3 Å². The number of nitrogens with zero attached hydrogens (tertiary/aromatic N) is 2. The number of methoxy groups -OCH3 is 1. The van der Waals surface area contributed by atoms with E-state index >= 15 is 0 Å². The Morgan fingerprint density at radius 1 is 0.917 bits per heavy atom. The van der Waals surface area contributed by atoms with E-state index in [1.165, 1.54) is 6.33 Å². The third kappa shape index (κ3) is 3.55. The zero-order valence-electron chi connectivity index (χ0n) is 13.6. The average molecular weight is 321 g/mol. The molecule has 0 radical (unpaired) electrons. The van der Waals surface area contributed by atoms with Crippen LogP contribution in [0.15, 0.2) is 54.9 Å². The van der Waals surface area contributed by atoms with E-state index < -0.39 is 0 Å². The van der Waals surface area contributed by atoms with E-state index in [1.54, 1.807) is 7.11 Å². The van der Waals surface area contributed by atoms with E-state index in [4.69, 9.17) is 10.5 Å². The highest BCUT2D eigenvalue weighted by Gasteiger charge is 2.09. The normalized spacial score (nSPS) is 10.2. The van der Waals surface area contributed by atoms with Crippen LogP contribution in [0.25, 0.3) is 0 Å². The lowest BCUT2D eigenvalue weighted by Crippen LogP contribution is -2.05. The van der Waals surface area contributed by atoms with E-state index in [0.717, 1.165) is 22.7 Å². The Hall–Kier alpha value is -3.28. The first-order chi connectivity index (χ1) is 11.7. The molecule has 0 aliphatic carbocycles. The Bertz CT molecular complexity index is 850. The van der Waals surface area contributed by atoms with Gasteiger partial charge in [-0.3, -0.25) is 0 Å². The zero-order chi connectivity index (χ0) is 16.9. The van der Waals surface area contributed by atoms with Crippen molar-refractivity contribution in [2.24, 2.45) is 0 Å². The van der Waals surface area contributed by atoms with Gasteiger partial charge in [-0.2, -0.15) is 0 Å². The average Bonchev–Trinajstić information content (AvgIpc) is 2.59. The Kier molecular flexibility index (Phi) is 4.47. The van der Waals surface area contributed by atoms with Crippen molar-refractivity contribution >= 4 is 28.7 Å². The van der Waals surface area contributed by atoms with Gasteiger partial charge < -0.3 is 21.1 Å². The fraction of sp³-hybridized carbons (Fsp3) is 0.111. The van der Waals surface area contributed by atoms with Crippen molar-refractivity contribution in [2.45, 2.75) is 6.92 Å². The number of aryl methyl sites for hydroxylation is 1. The third-order valence-corrected chi connectivity index (χ3v) is 3.50. The van der Waals surface area contributed by atoms with Crippen molar-refractivity contribution < 1.29 is 4.74 Å². The molecule has 6 nitrogen and oxygen atoms in total. The van der Waals surface area contributed by atoms with Crippen molar-refractivity contribution in [1.82, 2.24) is 9.97 Å². The molecule has 0 aliphatic rings. The number of nitrogens with two attached hydrogens (primary N) is 1. The summed E-state index contributed by atoms with van der Waals surface area (Å²) in [5.74, 6) is 1.85. The molecule has 0 saturated heterocycles. The molecule has 0 amide bonds. The number of nitrogens with one attached hydrogen (secondary N) is 2. The standard InChI is InChI=1S/C18H19N5O/c1-12-5-3-6-13(9-12)22-17-16(19)18(21-11-20-17)23-14-7-4-8-15(10-14)24-2/h3-11H,19H2,1-2H3,(H2,20,21,22,23). The molecule has 6 heteroatoms. The highest BCUT2D eigenvalue weighted by Crippen LogP contribution is 2.29. The summed E-state index contributed by atoms with van der Waals surface area (Å²) in [7, 11) is 1.63. The lowest BCUT2D eigenvalue weighted by atomic mass is 10.2. The molecule has 0 unspecified atom stereocenters. The Morgan fingerprint density at radius 2 is 1.54 bits per heavy atom. The van der Waals surface area contributed by atoms with Crippen molar-refractivity contribution in [3.05, 3.63) is 60.4 Å². The summed E-state index contributed by atoms with van der Waals surface area (Å²) in [5.41, 5.74) is 9.57. The van der Waals surface area contributed by atoms with E-state index in [1.807, 2.05) is 55.5 Å². The van der Waals surface area contributed by atoms with Crippen LogP contribution in [0.5, 0.6) is 5.75 Å². The maximum absolute atomic E-state index is 6.21. The van der Waals surface area contributed by atoms with Gasteiger partial charge in [0.1, 0.15) is 17.8 Å². The molecule has 24 heavy (non-hydrogen) atoms. The zero-order valence-corrected chi connectivity index (χ0v) is 13.6. The van der Waals surface area contributed by atoms with Gasteiger partial charge in [0.15, 0.2) is 11.6 Å². The SMILES string of the molecule is COc1cccc(Nc2ncnc(Nc3cccc(C)c3)c2N)c1. The van der Waals surface area contributed by atoms with Crippen LogP contribution >= 0.6 is 0 Å². The van der Waals surface area contributed by atoms with E-state index in [-0.39, 0.29) is 0 Å². The van der Waals surface area contributed by atoms with Crippen LogP contribution in [-0.4, -0.2) is 17.1 Å². The summed E-state index contributed by atoms with van der Waals surface area (Å²) in [5, 5.41) is 6.41. The number of anilines is 5. The largest absolute Gasteiger partial charge is 0.497 e.